The molecule has 0 spiro atoms. The van der Waals surface area contributed by atoms with E-state index >= 15 is 0 Å². The van der Waals surface area contributed by atoms with E-state index in [0.29, 0.717) is 18.2 Å². The number of hydrogen-bond acceptors (Lipinski definition) is 4. The Morgan fingerprint density at radius 1 is 1.53 bits per heavy atom. The Labute approximate surface area is 89.3 Å². The third kappa shape index (κ3) is 3.06. The van der Waals surface area contributed by atoms with Crippen LogP contribution in [0, 0.1) is 6.92 Å². The molecule has 1 aromatic rings. The van der Waals surface area contributed by atoms with Crippen LogP contribution in [-0.2, 0) is 6.54 Å². The first-order valence-corrected chi connectivity index (χ1v) is 4.82. The molecule has 0 saturated carbocycles. The predicted octanol–water partition coefficient (Wildman–Crippen LogP) is 0.122. The van der Waals surface area contributed by atoms with Crippen LogP contribution in [0.5, 0.6) is 6.01 Å². The van der Waals surface area contributed by atoms with E-state index in [9.17, 15) is 4.79 Å². The van der Waals surface area contributed by atoms with Crippen molar-refractivity contribution in [3.05, 3.63) is 22.1 Å². The summed E-state index contributed by atoms with van der Waals surface area (Å²) >= 11 is 0. The minimum absolute atomic E-state index is 0.0683. The number of nitrogens with zero attached hydrogens (tertiary/aromatic N) is 3. The zero-order valence-electron chi connectivity index (χ0n) is 9.65. The van der Waals surface area contributed by atoms with Gasteiger partial charge < -0.3 is 9.64 Å². The molecule has 15 heavy (non-hydrogen) atoms. The molecule has 0 fully saturated rings. The molecule has 0 aliphatic rings. The van der Waals surface area contributed by atoms with Crippen LogP contribution >= 0.6 is 0 Å². The van der Waals surface area contributed by atoms with Crippen LogP contribution in [0.3, 0.4) is 0 Å². The molecular formula is C10H17N3O2. The van der Waals surface area contributed by atoms with Crippen molar-refractivity contribution in [1.29, 1.82) is 0 Å². The average Bonchev–Trinajstić information content (AvgIpc) is 2.14. The quantitative estimate of drug-likeness (QED) is 0.710. The Kier molecular flexibility index (Phi) is 3.85. The molecule has 0 unspecified atom stereocenters. The molecule has 0 bridgehead atoms. The van der Waals surface area contributed by atoms with E-state index < -0.39 is 0 Å². The van der Waals surface area contributed by atoms with Crippen LogP contribution in [0.25, 0.3) is 0 Å². The Hall–Kier alpha value is -1.36. The molecule has 1 aromatic heterocycles. The van der Waals surface area contributed by atoms with Crippen molar-refractivity contribution in [2.24, 2.45) is 0 Å². The van der Waals surface area contributed by atoms with Crippen LogP contribution in [0.1, 0.15) is 5.69 Å². The minimum Gasteiger partial charge on any atom is -0.468 e. The lowest BCUT2D eigenvalue weighted by Crippen LogP contribution is -2.28. The van der Waals surface area contributed by atoms with Gasteiger partial charge in [0.05, 0.1) is 7.11 Å². The number of hydrogen-bond donors (Lipinski definition) is 0. The van der Waals surface area contributed by atoms with E-state index in [1.807, 2.05) is 19.0 Å². The second-order valence-electron chi connectivity index (χ2n) is 3.68. The standard InChI is InChI=1S/C10H17N3O2/c1-8-7-9(14)13(6-5-12(2)3)10(11-8)15-4/h7H,5-6H2,1-4H3. The molecule has 0 amide bonds. The number of ether oxygens (including phenoxy) is 1. The first-order chi connectivity index (χ1) is 7.04. The summed E-state index contributed by atoms with van der Waals surface area (Å²) in [5.74, 6) is 0. The fourth-order valence-electron chi connectivity index (χ4n) is 1.26. The van der Waals surface area contributed by atoms with Crippen molar-refractivity contribution < 1.29 is 4.74 Å². The van der Waals surface area contributed by atoms with Gasteiger partial charge in [0.25, 0.3) is 11.6 Å². The van der Waals surface area contributed by atoms with E-state index in [-0.39, 0.29) is 5.56 Å². The summed E-state index contributed by atoms with van der Waals surface area (Å²) in [6, 6.07) is 1.89. The molecule has 0 aromatic carbocycles. The van der Waals surface area contributed by atoms with Gasteiger partial charge in [-0.25, -0.2) is 4.98 Å². The molecule has 0 radical (unpaired) electrons. The van der Waals surface area contributed by atoms with E-state index in [4.69, 9.17) is 4.74 Å². The lowest BCUT2D eigenvalue weighted by molar-refractivity contribution is 0.319. The Bertz CT molecular complexity index is 385. The SMILES string of the molecule is COc1nc(C)cc(=O)n1CCN(C)C. The Morgan fingerprint density at radius 3 is 2.73 bits per heavy atom. The molecule has 84 valence electrons. The summed E-state index contributed by atoms with van der Waals surface area (Å²) in [5.41, 5.74) is 0.610. The van der Waals surface area contributed by atoms with E-state index in [2.05, 4.69) is 4.98 Å². The van der Waals surface area contributed by atoms with Crippen molar-refractivity contribution >= 4 is 0 Å². The van der Waals surface area contributed by atoms with E-state index in [1.54, 1.807) is 6.92 Å². The number of aryl methyl sites for hydroxylation is 1. The van der Waals surface area contributed by atoms with Gasteiger partial charge in [-0.15, -0.1) is 0 Å². The van der Waals surface area contributed by atoms with Gasteiger partial charge in [0.1, 0.15) is 0 Å². The third-order valence-corrected chi connectivity index (χ3v) is 2.05. The molecule has 1 heterocycles. The van der Waals surface area contributed by atoms with Crippen LogP contribution in [0.2, 0.25) is 0 Å². The molecule has 0 aliphatic heterocycles. The van der Waals surface area contributed by atoms with E-state index in [0.717, 1.165) is 6.54 Å². The van der Waals surface area contributed by atoms with Gasteiger partial charge >= 0.3 is 0 Å². The fraction of sp³-hybridized carbons (Fsp3) is 0.600. The maximum absolute atomic E-state index is 11.7. The summed E-state index contributed by atoms with van der Waals surface area (Å²) in [7, 11) is 5.44. The zero-order valence-corrected chi connectivity index (χ0v) is 9.65. The largest absolute Gasteiger partial charge is 0.468 e. The highest BCUT2D eigenvalue weighted by Crippen LogP contribution is 2.03. The maximum atomic E-state index is 11.7. The monoisotopic (exact) mass is 211 g/mol. The zero-order chi connectivity index (χ0) is 11.4. The van der Waals surface area contributed by atoms with Gasteiger partial charge in [-0.2, -0.15) is 0 Å². The molecule has 0 N–H and O–H groups in total. The van der Waals surface area contributed by atoms with Gasteiger partial charge in [0.2, 0.25) is 0 Å². The summed E-state index contributed by atoms with van der Waals surface area (Å²) in [6.45, 7) is 3.14. The highest BCUT2D eigenvalue weighted by atomic mass is 16.5. The average molecular weight is 211 g/mol. The normalized spacial score (nSPS) is 10.7. The van der Waals surface area contributed by atoms with Crippen LogP contribution < -0.4 is 10.3 Å². The van der Waals surface area contributed by atoms with Crippen LogP contribution in [0.15, 0.2) is 10.9 Å². The molecular weight excluding hydrogens is 194 g/mol. The van der Waals surface area contributed by atoms with Gasteiger partial charge in [-0.3, -0.25) is 9.36 Å². The maximum Gasteiger partial charge on any atom is 0.299 e. The van der Waals surface area contributed by atoms with Crippen molar-refractivity contribution in [3.63, 3.8) is 0 Å². The molecule has 5 nitrogen and oxygen atoms in total. The topological polar surface area (TPSA) is 47.4 Å². The fourth-order valence-corrected chi connectivity index (χ4v) is 1.26. The van der Waals surface area contributed by atoms with Gasteiger partial charge in [-0.05, 0) is 21.0 Å². The van der Waals surface area contributed by atoms with Gasteiger partial charge in [-0.1, -0.05) is 0 Å². The lowest BCUT2D eigenvalue weighted by Gasteiger charge is -2.13. The van der Waals surface area contributed by atoms with Crippen molar-refractivity contribution in [2.45, 2.75) is 13.5 Å². The molecule has 0 aliphatic carbocycles. The van der Waals surface area contributed by atoms with Crippen molar-refractivity contribution in [1.82, 2.24) is 14.5 Å². The van der Waals surface area contributed by atoms with Crippen LogP contribution in [0.4, 0.5) is 0 Å². The minimum atomic E-state index is -0.0683. The van der Waals surface area contributed by atoms with Gasteiger partial charge in [0, 0.05) is 24.8 Å². The summed E-state index contributed by atoms with van der Waals surface area (Å²) in [5, 5.41) is 0. The van der Waals surface area contributed by atoms with Crippen molar-refractivity contribution in [2.75, 3.05) is 27.7 Å². The summed E-state index contributed by atoms with van der Waals surface area (Å²) in [6.07, 6.45) is 0. The van der Waals surface area contributed by atoms with E-state index in [1.165, 1.54) is 17.7 Å². The lowest BCUT2D eigenvalue weighted by atomic mass is 10.4. The summed E-state index contributed by atoms with van der Waals surface area (Å²) < 4.78 is 6.61. The van der Waals surface area contributed by atoms with Crippen molar-refractivity contribution in [3.8, 4) is 6.01 Å². The number of rotatable bonds is 4. The second kappa shape index (κ2) is 4.93. The molecule has 0 atom stereocenters. The van der Waals surface area contributed by atoms with Gasteiger partial charge in [0.15, 0.2) is 0 Å². The highest BCUT2D eigenvalue weighted by Gasteiger charge is 2.06. The Balaban J connectivity index is 2.99. The third-order valence-electron chi connectivity index (χ3n) is 2.05. The Morgan fingerprint density at radius 2 is 2.20 bits per heavy atom. The highest BCUT2D eigenvalue weighted by molar-refractivity contribution is 5.06. The smallest absolute Gasteiger partial charge is 0.299 e. The first-order valence-electron chi connectivity index (χ1n) is 4.82. The predicted molar refractivity (Wildman–Crippen MR) is 58.3 cm³/mol. The molecule has 5 heteroatoms. The number of aromatic nitrogens is 2. The molecule has 0 saturated heterocycles. The molecule has 1 rings (SSSR count). The first kappa shape index (κ1) is 11.7. The number of likely N-dealkylation sites (N-methyl/N-ethyl adjacent to an activating group) is 1. The van der Waals surface area contributed by atoms with Crippen LogP contribution in [-0.4, -0.2) is 42.2 Å². The second-order valence-corrected chi connectivity index (χ2v) is 3.68. The summed E-state index contributed by atoms with van der Waals surface area (Å²) in [4.78, 5) is 17.8. The number of methoxy groups -OCH3 is 1.